The van der Waals surface area contributed by atoms with Gasteiger partial charge >= 0.3 is 5.97 Å². The molecule has 156 valence electrons. The number of rotatable bonds is 7. The standard InChI is InChI=1S/C19H18FN5O4S/c1-2-30(27,28)15-6-4-3-5-14(15)17(26)29-11-16-23-18(21)25-19(24-16)22-13-9-7-12(20)8-10-13/h3-10H,2,11H2,1H3,(H3,21,22,23,24,25). The summed E-state index contributed by atoms with van der Waals surface area (Å²) >= 11 is 0. The van der Waals surface area contributed by atoms with E-state index in [1.54, 1.807) is 0 Å². The number of aromatic nitrogens is 3. The molecular weight excluding hydrogens is 413 g/mol. The lowest BCUT2D eigenvalue weighted by molar-refractivity contribution is 0.0457. The van der Waals surface area contributed by atoms with Crippen LogP contribution in [0.25, 0.3) is 0 Å². The summed E-state index contributed by atoms with van der Waals surface area (Å²) < 4.78 is 42.6. The summed E-state index contributed by atoms with van der Waals surface area (Å²) in [4.78, 5) is 24.3. The van der Waals surface area contributed by atoms with E-state index in [0.29, 0.717) is 5.69 Å². The zero-order valence-electron chi connectivity index (χ0n) is 15.9. The minimum Gasteiger partial charge on any atom is -0.454 e. The normalized spacial score (nSPS) is 11.1. The van der Waals surface area contributed by atoms with Crippen molar-refractivity contribution in [2.45, 2.75) is 18.4 Å². The largest absolute Gasteiger partial charge is 0.454 e. The van der Waals surface area contributed by atoms with E-state index in [0.717, 1.165) is 0 Å². The van der Waals surface area contributed by atoms with E-state index in [-0.39, 0.29) is 40.5 Å². The van der Waals surface area contributed by atoms with Gasteiger partial charge in [-0.05, 0) is 36.4 Å². The number of carbonyl (C=O) groups excluding carboxylic acids is 1. The summed E-state index contributed by atoms with van der Waals surface area (Å²) in [6, 6.07) is 11.3. The van der Waals surface area contributed by atoms with Gasteiger partial charge in [0.1, 0.15) is 5.82 Å². The maximum Gasteiger partial charge on any atom is 0.339 e. The second-order valence-electron chi connectivity index (χ2n) is 6.04. The van der Waals surface area contributed by atoms with Crippen molar-refractivity contribution in [2.75, 3.05) is 16.8 Å². The van der Waals surface area contributed by atoms with Gasteiger partial charge in [0, 0.05) is 5.69 Å². The van der Waals surface area contributed by atoms with Crippen LogP contribution < -0.4 is 11.1 Å². The molecule has 11 heteroatoms. The highest BCUT2D eigenvalue weighted by atomic mass is 32.2. The molecule has 0 atom stereocenters. The molecule has 30 heavy (non-hydrogen) atoms. The van der Waals surface area contributed by atoms with Crippen LogP contribution in [0.3, 0.4) is 0 Å². The van der Waals surface area contributed by atoms with Crippen molar-refractivity contribution in [1.29, 1.82) is 0 Å². The van der Waals surface area contributed by atoms with Gasteiger partial charge in [0.15, 0.2) is 22.3 Å². The molecule has 0 bridgehead atoms. The third-order valence-electron chi connectivity index (χ3n) is 3.95. The zero-order chi connectivity index (χ0) is 21.7. The highest BCUT2D eigenvalue weighted by Crippen LogP contribution is 2.19. The van der Waals surface area contributed by atoms with E-state index in [2.05, 4.69) is 20.3 Å². The molecule has 1 heterocycles. The van der Waals surface area contributed by atoms with Crippen molar-refractivity contribution in [3.8, 4) is 0 Å². The molecule has 0 aliphatic heterocycles. The number of hydrogen-bond donors (Lipinski definition) is 2. The summed E-state index contributed by atoms with van der Waals surface area (Å²) in [5.74, 6) is -1.37. The average Bonchev–Trinajstić information content (AvgIpc) is 2.73. The first-order valence-electron chi connectivity index (χ1n) is 8.80. The third kappa shape index (κ3) is 5.06. The lowest BCUT2D eigenvalue weighted by atomic mass is 10.2. The van der Waals surface area contributed by atoms with Crippen molar-refractivity contribution in [1.82, 2.24) is 15.0 Å². The Hall–Kier alpha value is -3.60. The molecule has 0 amide bonds. The van der Waals surface area contributed by atoms with Crippen molar-refractivity contribution < 1.29 is 22.3 Å². The average molecular weight is 431 g/mol. The molecule has 3 aromatic rings. The van der Waals surface area contributed by atoms with Crippen LogP contribution in [-0.2, 0) is 21.2 Å². The molecule has 2 aromatic carbocycles. The van der Waals surface area contributed by atoms with Crippen LogP contribution >= 0.6 is 0 Å². The molecule has 0 unspecified atom stereocenters. The number of nitrogen functional groups attached to an aromatic ring is 1. The fourth-order valence-corrected chi connectivity index (χ4v) is 3.57. The molecule has 9 nitrogen and oxygen atoms in total. The number of hydrogen-bond acceptors (Lipinski definition) is 9. The molecular formula is C19H18FN5O4S. The number of sulfone groups is 1. The van der Waals surface area contributed by atoms with Gasteiger partial charge in [-0.3, -0.25) is 0 Å². The van der Waals surface area contributed by atoms with Gasteiger partial charge in [-0.25, -0.2) is 17.6 Å². The lowest BCUT2D eigenvalue weighted by Crippen LogP contribution is -2.15. The second-order valence-corrected chi connectivity index (χ2v) is 8.29. The monoisotopic (exact) mass is 431 g/mol. The van der Waals surface area contributed by atoms with E-state index in [9.17, 15) is 17.6 Å². The molecule has 0 saturated carbocycles. The molecule has 0 aliphatic rings. The Kier molecular flexibility index (Phi) is 6.21. The number of nitrogens with two attached hydrogens (primary N) is 1. The fraction of sp³-hybridized carbons (Fsp3) is 0.158. The van der Waals surface area contributed by atoms with Crippen LogP contribution in [0, 0.1) is 5.82 Å². The first-order chi connectivity index (χ1) is 14.3. The van der Waals surface area contributed by atoms with E-state index in [1.165, 1.54) is 55.5 Å². The fourth-order valence-electron chi connectivity index (χ4n) is 2.49. The molecule has 0 spiro atoms. The SMILES string of the molecule is CCS(=O)(=O)c1ccccc1C(=O)OCc1nc(N)nc(Nc2ccc(F)cc2)n1. The van der Waals surface area contributed by atoms with E-state index in [4.69, 9.17) is 10.5 Å². The predicted octanol–water partition coefficient (Wildman–Crippen LogP) is 2.49. The first kappa shape index (κ1) is 21.1. The van der Waals surface area contributed by atoms with Crippen LogP contribution in [0.2, 0.25) is 0 Å². The minimum absolute atomic E-state index is 0.0521. The number of benzene rings is 2. The van der Waals surface area contributed by atoms with Crippen LogP contribution in [-0.4, -0.2) is 35.1 Å². The third-order valence-corrected chi connectivity index (χ3v) is 5.74. The van der Waals surface area contributed by atoms with Gasteiger partial charge in [0.05, 0.1) is 16.2 Å². The number of halogens is 1. The van der Waals surface area contributed by atoms with Gasteiger partial charge in [-0.2, -0.15) is 15.0 Å². The molecule has 1 aromatic heterocycles. The number of anilines is 3. The van der Waals surface area contributed by atoms with E-state index >= 15 is 0 Å². The quantitative estimate of drug-likeness (QED) is 0.540. The van der Waals surface area contributed by atoms with E-state index < -0.39 is 21.6 Å². The van der Waals surface area contributed by atoms with E-state index in [1.807, 2.05) is 0 Å². The van der Waals surface area contributed by atoms with Gasteiger partial charge in [0.25, 0.3) is 0 Å². The van der Waals surface area contributed by atoms with Crippen molar-refractivity contribution in [3.05, 3.63) is 65.7 Å². The molecule has 0 aliphatic carbocycles. The lowest BCUT2D eigenvalue weighted by Gasteiger charge is -2.10. The Morgan fingerprint density at radius 2 is 1.80 bits per heavy atom. The highest BCUT2D eigenvalue weighted by Gasteiger charge is 2.22. The van der Waals surface area contributed by atoms with Crippen molar-refractivity contribution in [3.63, 3.8) is 0 Å². The number of nitrogens with zero attached hydrogens (tertiary/aromatic N) is 3. The first-order valence-corrected chi connectivity index (χ1v) is 10.5. The van der Waals surface area contributed by atoms with Gasteiger partial charge < -0.3 is 15.8 Å². The zero-order valence-corrected chi connectivity index (χ0v) is 16.7. The highest BCUT2D eigenvalue weighted by molar-refractivity contribution is 7.91. The molecule has 0 saturated heterocycles. The smallest absolute Gasteiger partial charge is 0.339 e. The Balaban J connectivity index is 1.76. The maximum absolute atomic E-state index is 13.0. The molecule has 0 fully saturated rings. The summed E-state index contributed by atoms with van der Waals surface area (Å²) in [7, 11) is -3.61. The Labute approximate surface area is 172 Å². The number of esters is 1. The summed E-state index contributed by atoms with van der Waals surface area (Å²) in [5, 5.41) is 2.84. The predicted molar refractivity (Wildman–Crippen MR) is 107 cm³/mol. The summed E-state index contributed by atoms with van der Waals surface area (Å²) in [5.41, 5.74) is 6.11. The van der Waals surface area contributed by atoms with Gasteiger partial charge in [-0.1, -0.05) is 19.1 Å². The van der Waals surface area contributed by atoms with Crippen LogP contribution in [0.1, 0.15) is 23.1 Å². The summed E-state index contributed by atoms with van der Waals surface area (Å²) in [6.07, 6.45) is 0. The molecule has 3 rings (SSSR count). The van der Waals surface area contributed by atoms with Crippen molar-refractivity contribution in [2.24, 2.45) is 0 Å². The number of ether oxygens (including phenoxy) is 1. The van der Waals surface area contributed by atoms with Crippen LogP contribution in [0.4, 0.5) is 22.0 Å². The Morgan fingerprint density at radius 1 is 1.10 bits per heavy atom. The second kappa shape index (κ2) is 8.82. The minimum atomic E-state index is -3.61. The van der Waals surface area contributed by atoms with Crippen LogP contribution in [0.5, 0.6) is 0 Å². The van der Waals surface area contributed by atoms with Crippen LogP contribution in [0.15, 0.2) is 53.4 Å². The Bertz CT molecular complexity index is 1170. The summed E-state index contributed by atoms with van der Waals surface area (Å²) in [6.45, 7) is 1.13. The van der Waals surface area contributed by atoms with Crippen molar-refractivity contribution >= 4 is 33.4 Å². The number of nitrogens with one attached hydrogen (secondary N) is 1. The number of carbonyl (C=O) groups is 1. The maximum atomic E-state index is 13.0. The Morgan fingerprint density at radius 3 is 2.50 bits per heavy atom. The van der Waals surface area contributed by atoms with Gasteiger partial charge in [0.2, 0.25) is 11.9 Å². The van der Waals surface area contributed by atoms with Gasteiger partial charge in [-0.15, -0.1) is 0 Å². The topological polar surface area (TPSA) is 137 Å². The molecule has 0 radical (unpaired) electrons. The molecule has 3 N–H and O–H groups in total.